The normalized spacial score (nSPS) is 10.8. The quantitative estimate of drug-likeness (QED) is 0.328. The molecular weight excluding hydrogens is 430 g/mol. The van der Waals surface area contributed by atoms with Crippen LogP contribution in [0.5, 0.6) is 17.2 Å². The molecular formula is C28H27NO5. The second-order valence-electron chi connectivity index (χ2n) is 7.75. The van der Waals surface area contributed by atoms with Crippen molar-refractivity contribution in [2.75, 3.05) is 20.3 Å². The maximum Gasteiger partial charge on any atom is 0.200 e. The van der Waals surface area contributed by atoms with Crippen molar-refractivity contribution in [2.45, 2.75) is 20.4 Å². The zero-order valence-electron chi connectivity index (χ0n) is 19.5. The molecule has 0 saturated carbocycles. The summed E-state index contributed by atoms with van der Waals surface area (Å²) in [5.74, 6) is 1.70. The molecule has 1 heterocycles. The van der Waals surface area contributed by atoms with E-state index in [1.807, 2.05) is 54.8 Å². The first-order chi connectivity index (χ1) is 16.5. The molecule has 0 aliphatic carbocycles. The lowest BCUT2D eigenvalue weighted by molar-refractivity contribution is 0.103. The van der Waals surface area contributed by atoms with Crippen LogP contribution in [-0.2, 0) is 6.54 Å². The average Bonchev–Trinajstić information content (AvgIpc) is 2.86. The van der Waals surface area contributed by atoms with Crippen molar-refractivity contribution < 1.29 is 19.0 Å². The molecule has 3 aromatic carbocycles. The van der Waals surface area contributed by atoms with Gasteiger partial charge < -0.3 is 18.8 Å². The van der Waals surface area contributed by atoms with Crippen LogP contribution in [0.15, 0.2) is 77.7 Å². The number of rotatable bonds is 9. The average molecular weight is 458 g/mol. The third-order valence-corrected chi connectivity index (χ3v) is 5.55. The van der Waals surface area contributed by atoms with Gasteiger partial charge in [0.15, 0.2) is 5.78 Å². The van der Waals surface area contributed by atoms with E-state index in [0.29, 0.717) is 42.2 Å². The highest BCUT2D eigenvalue weighted by atomic mass is 16.5. The van der Waals surface area contributed by atoms with Crippen molar-refractivity contribution in [3.63, 3.8) is 0 Å². The second kappa shape index (κ2) is 10.3. The van der Waals surface area contributed by atoms with Gasteiger partial charge in [0, 0.05) is 18.3 Å². The summed E-state index contributed by atoms with van der Waals surface area (Å²) in [6.45, 7) is 5.29. The van der Waals surface area contributed by atoms with Gasteiger partial charge in [0.25, 0.3) is 0 Å². The second-order valence-corrected chi connectivity index (χ2v) is 7.75. The summed E-state index contributed by atoms with van der Waals surface area (Å²) >= 11 is 0. The summed E-state index contributed by atoms with van der Waals surface area (Å²) in [7, 11) is 1.62. The molecule has 6 heteroatoms. The Morgan fingerprint density at radius 1 is 0.824 bits per heavy atom. The van der Waals surface area contributed by atoms with E-state index in [9.17, 15) is 9.59 Å². The molecule has 0 aliphatic rings. The minimum atomic E-state index is -0.333. The molecule has 0 atom stereocenters. The molecule has 1 aromatic heterocycles. The van der Waals surface area contributed by atoms with Crippen LogP contribution in [0.3, 0.4) is 0 Å². The smallest absolute Gasteiger partial charge is 0.200 e. The van der Waals surface area contributed by atoms with Gasteiger partial charge >= 0.3 is 0 Å². The number of ether oxygens (including phenoxy) is 3. The van der Waals surface area contributed by atoms with Crippen LogP contribution >= 0.6 is 0 Å². The van der Waals surface area contributed by atoms with E-state index >= 15 is 0 Å². The van der Waals surface area contributed by atoms with Gasteiger partial charge in [-0.1, -0.05) is 12.1 Å². The lowest BCUT2D eigenvalue weighted by Crippen LogP contribution is -2.20. The van der Waals surface area contributed by atoms with E-state index in [0.717, 1.165) is 16.8 Å². The fraction of sp³-hybridized carbons (Fsp3) is 0.214. The molecule has 0 fully saturated rings. The highest BCUT2D eigenvalue weighted by Gasteiger charge is 2.18. The summed E-state index contributed by atoms with van der Waals surface area (Å²) in [4.78, 5) is 26.8. The number of hydrogen-bond donors (Lipinski definition) is 0. The van der Waals surface area contributed by atoms with Gasteiger partial charge in [0.2, 0.25) is 5.43 Å². The minimum Gasteiger partial charge on any atom is -0.497 e. The van der Waals surface area contributed by atoms with E-state index in [2.05, 4.69) is 0 Å². The molecule has 0 radical (unpaired) electrons. The molecule has 0 saturated heterocycles. The molecule has 0 bridgehead atoms. The number of fused-ring (bicyclic) bond motifs is 1. The van der Waals surface area contributed by atoms with Gasteiger partial charge in [-0.25, -0.2) is 0 Å². The topological polar surface area (TPSA) is 66.8 Å². The number of hydrogen-bond acceptors (Lipinski definition) is 5. The number of pyridine rings is 1. The van der Waals surface area contributed by atoms with E-state index in [-0.39, 0.29) is 16.8 Å². The maximum absolute atomic E-state index is 13.4. The molecule has 0 N–H and O–H groups in total. The maximum atomic E-state index is 13.4. The summed E-state index contributed by atoms with van der Waals surface area (Å²) in [5.41, 5.74) is 1.96. The third-order valence-electron chi connectivity index (χ3n) is 5.55. The zero-order valence-corrected chi connectivity index (χ0v) is 19.5. The lowest BCUT2D eigenvalue weighted by Gasteiger charge is -2.15. The molecule has 34 heavy (non-hydrogen) atoms. The summed E-state index contributed by atoms with van der Waals surface area (Å²) < 4.78 is 18.3. The fourth-order valence-electron chi connectivity index (χ4n) is 3.88. The predicted octanol–water partition coefficient (Wildman–Crippen LogP) is 5.09. The highest BCUT2D eigenvalue weighted by Crippen LogP contribution is 2.23. The van der Waals surface area contributed by atoms with Crippen LogP contribution < -0.4 is 19.6 Å². The summed E-state index contributed by atoms with van der Waals surface area (Å²) in [6.07, 6.45) is 1.65. The molecule has 174 valence electrons. The Bertz CT molecular complexity index is 1350. The SMILES string of the molecule is CCOc1ccc(C(=O)c2cn(Cc3ccc(OC)cc3)c3ccc(OCC)cc3c2=O)cc1. The van der Waals surface area contributed by atoms with Gasteiger partial charge in [-0.15, -0.1) is 0 Å². The van der Waals surface area contributed by atoms with Crippen molar-refractivity contribution in [1.29, 1.82) is 0 Å². The zero-order chi connectivity index (χ0) is 24.1. The molecule has 6 nitrogen and oxygen atoms in total. The number of nitrogens with zero attached hydrogens (tertiary/aromatic N) is 1. The fourth-order valence-corrected chi connectivity index (χ4v) is 3.88. The number of carbonyl (C=O) groups is 1. The Morgan fingerprint density at radius 3 is 2.09 bits per heavy atom. The van der Waals surface area contributed by atoms with Crippen LogP contribution in [-0.4, -0.2) is 30.7 Å². The van der Waals surface area contributed by atoms with E-state index in [1.165, 1.54) is 0 Å². The minimum absolute atomic E-state index is 0.110. The summed E-state index contributed by atoms with van der Waals surface area (Å²) in [6, 6.07) is 19.9. The number of methoxy groups -OCH3 is 1. The molecule has 4 aromatic rings. The van der Waals surface area contributed by atoms with E-state index < -0.39 is 0 Å². The van der Waals surface area contributed by atoms with E-state index in [4.69, 9.17) is 14.2 Å². The van der Waals surface area contributed by atoms with Gasteiger partial charge in [-0.2, -0.15) is 0 Å². The predicted molar refractivity (Wildman–Crippen MR) is 133 cm³/mol. The monoisotopic (exact) mass is 457 g/mol. The van der Waals surface area contributed by atoms with Crippen molar-refractivity contribution in [2.24, 2.45) is 0 Å². The lowest BCUT2D eigenvalue weighted by atomic mass is 10.0. The van der Waals surface area contributed by atoms with Crippen molar-refractivity contribution in [3.8, 4) is 17.2 Å². The van der Waals surface area contributed by atoms with Crippen molar-refractivity contribution in [3.05, 3.63) is 99.8 Å². The highest BCUT2D eigenvalue weighted by molar-refractivity contribution is 6.10. The standard InChI is InChI=1S/C28H27NO5/c1-4-33-22-12-8-20(9-13-22)27(30)25-18-29(17-19-6-10-21(32-3)11-7-19)26-15-14-23(34-5-2)16-24(26)28(25)31/h6-16,18H,4-5,17H2,1-3H3. The van der Waals surface area contributed by atoms with Crippen LogP contribution in [0, 0.1) is 0 Å². The van der Waals surface area contributed by atoms with Gasteiger partial charge in [0.1, 0.15) is 17.2 Å². The first kappa shape index (κ1) is 23.1. The third kappa shape index (κ3) is 4.81. The van der Waals surface area contributed by atoms with Crippen molar-refractivity contribution in [1.82, 2.24) is 4.57 Å². The number of aromatic nitrogens is 1. The first-order valence-electron chi connectivity index (χ1n) is 11.2. The Balaban J connectivity index is 1.82. The number of benzene rings is 3. The Labute approximate surface area is 198 Å². The van der Waals surface area contributed by atoms with Gasteiger partial charge in [-0.3, -0.25) is 9.59 Å². The van der Waals surface area contributed by atoms with Crippen LogP contribution in [0.1, 0.15) is 35.3 Å². The number of carbonyl (C=O) groups excluding carboxylic acids is 1. The Hall–Kier alpha value is -4.06. The molecule has 0 aliphatic heterocycles. The molecule has 4 rings (SSSR count). The Kier molecular flexibility index (Phi) is 6.97. The van der Waals surface area contributed by atoms with Crippen LogP contribution in [0.2, 0.25) is 0 Å². The summed E-state index contributed by atoms with van der Waals surface area (Å²) in [5, 5.41) is 0.441. The molecule has 0 unspecified atom stereocenters. The molecule has 0 spiro atoms. The molecule has 0 amide bonds. The Morgan fingerprint density at radius 2 is 1.44 bits per heavy atom. The first-order valence-corrected chi connectivity index (χ1v) is 11.2. The van der Waals surface area contributed by atoms with E-state index in [1.54, 1.807) is 43.6 Å². The largest absolute Gasteiger partial charge is 0.497 e. The van der Waals surface area contributed by atoms with Crippen LogP contribution in [0.4, 0.5) is 0 Å². The van der Waals surface area contributed by atoms with Crippen molar-refractivity contribution >= 4 is 16.7 Å². The number of ketones is 1. The van der Waals surface area contributed by atoms with Crippen LogP contribution in [0.25, 0.3) is 10.9 Å². The van der Waals surface area contributed by atoms with Gasteiger partial charge in [0.05, 0.1) is 36.8 Å². The van der Waals surface area contributed by atoms with Gasteiger partial charge in [-0.05, 0) is 74.0 Å².